The lowest BCUT2D eigenvalue weighted by Crippen LogP contribution is -1.96. The lowest BCUT2D eigenvalue weighted by atomic mass is 10.0. The average Bonchev–Trinajstić information content (AvgIpc) is 2.48. The van der Waals surface area contributed by atoms with E-state index in [0.29, 0.717) is 0 Å². The third-order valence-corrected chi connectivity index (χ3v) is 4.34. The minimum Gasteiger partial charge on any atom is -0.494 e. The van der Waals surface area contributed by atoms with Gasteiger partial charge in [-0.15, -0.1) is 0 Å². The van der Waals surface area contributed by atoms with Crippen LogP contribution in [0.4, 0.5) is 4.39 Å². The topological polar surface area (TPSA) is 9.23 Å². The SMILES string of the molecule is CCCc1ccc(C(Br)c2ccc(F)c(OC)c2)cc1. The van der Waals surface area contributed by atoms with Gasteiger partial charge in [0.05, 0.1) is 11.9 Å². The Balaban J connectivity index is 2.24. The first-order valence-electron chi connectivity index (χ1n) is 6.72. The minimum absolute atomic E-state index is 0.0349. The molecule has 0 saturated carbocycles. The highest BCUT2D eigenvalue weighted by Gasteiger charge is 2.13. The fourth-order valence-corrected chi connectivity index (χ4v) is 2.76. The zero-order valence-electron chi connectivity index (χ0n) is 11.7. The molecular weight excluding hydrogens is 319 g/mol. The fourth-order valence-electron chi connectivity index (χ4n) is 2.17. The van der Waals surface area contributed by atoms with Crippen molar-refractivity contribution in [3.8, 4) is 5.75 Å². The molecule has 2 aromatic rings. The molecule has 0 aliphatic rings. The van der Waals surface area contributed by atoms with Crippen molar-refractivity contribution in [1.82, 2.24) is 0 Å². The Morgan fingerprint density at radius 3 is 2.35 bits per heavy atom. The molecule has 0 fully saturated rings. The van der Waals surface area contributed by atoms with Crippen LogP contribution in [0.25, 0.3) is 0 Å². The van der Waals surface area contributed by atoms with Gasteiger partial charge in [0.2, 0.25) is 0 Å². The van der Waals surface area contributed by atoms with Crippen molar-refractivity contribution in [1.29, 1.82) is 0 Å². The molecule has 0 heterocycles. The summed E-state index contributed by atoms with van der Waals surface area (Å²) in [5.74, 6) is -0.0659. The van der Waals surface area contributed by atoms with Gasteiger partial charge in [-0.3, -0.25) is 0 Å². The van der Waals surface area contributed by atoms with Crippen LogP contribution in [0.5, 0.6) is 5.75 Å². The number of aryl methyl sites for hydroxylation is 1. The lowest BCUT2D eigenvalue weighted by molar-refractivity contribution is 0.386. The molecule has 0 aliphatic carbocycles. The largest absolute Gasteiger partial charge is 0.494 e. The highest BCUT2D eigenvalue weighted by atomic mass is 79.9. The van der Waals surface area contributed by atoms with Gasteiger partial charge in [-0.05, 0) is 35.2 Å². The van der Waals surface area contributed by atoms with E-state index in [1.807, 2.05) is 0 Å². The lowest BCUT2D eigenvalue weighted by Gasteiger charge is -2.13. The standard InChI is InChI=1S/C17H18BrFO/c1-3-4-12-5-7-13(8-6-12)17(18)14-9-10-15(19)16(11-14)20-2/h5-11,17H,3-4H2,1-2H3. The Bertz CT molecular complexity index is 566. The maximum Gasteiger partial charge on any atom is 0.165 e. The van der Waals surface area contributed by atoms with E-state index in [1.165, 1.54) is 18.7 Å². The Kier molecular flexibility index (Phi) is 5.18. The summed E-state index contributed by atoms with van der Waals surface area (Å²) in [6.07, 6.45) is 2.24. The summed E-state index contributed by atoms with van der Waals surface area (Å²) in [4.78, 5) is 0.0349. The number of methoxy groups -OCH3 is 1. The molecule has 0 bridgehead atoms. The molecule has 0 spiro atoms. The Morgan fingerprint density at radius 2 is 1.75 bits per heavy atom. The Labute approximate surface area is 127 Å². The second-order valence-electron chi connectivity index (χ2n) is 4.75. The maximum atomic E-state index is 13.4. The van der Waals surface area contributed by atoms with E-state index < -0.39 is 0 Å². The van der Waals surface area contributed by atoms with Crippen LogP contribution >= 0.6 is 15.9 Å². The van der Waals surface area contributed by atoms with Gasteiger partial charge >= 0.3 is 0 Å². The van der Waals surface area contributed by atoms with Gasteiger partial charge in [-0.2, -0.15) is 0 Å². The van der Waals surface area contributed by atoms with E-state index in [4.69, 9.17) is 4.74 Å². The summed E-state index contributed by atoms with van der Waals surface area (Å²) in [6.45, 7) is 2.17. The van der Waals surface area contributed by atoms with E-state index in [-0.39, 0.29) is 16.4 Å². The van der Waals surface area contributed by atoms with Gasteiger partial charge in [0, 0.05) is 0 Å². The predicted octanol–water partition coefficient (Wildman–Crippen LogP) is 5.27. The van der Waals surface area contributed by atoms with E-state index in [0.717, 1.165) is 24.0 Å². The van der Waals surface area contributed by atoms with Crippen LogP contribution < -0.4 is 4.74 Å². The van der Waals surface area contributed by atoms with Crippen LogP contribution in [0.15, 0.2) is 42.5 Å². The Hall–Kier alpha value is -1.35. The van der Waals surface area contributed by atoms with Gasteiger partial charge in [-0.25, -0.2) is 4.39 Å². The first kappa shape index (κ1) is 15.0. The van der Waals surface area contributed by atoms with E-state index in [9.17, 15) is 4.39 Å². The first-order chi connectivity index (χ1) is 9.65. The highest BCUT2D eigenvalue weighted by Crippen LogP contribution is 2.33. The van der Waals surface area contributed by atoms with Crippen molar-refractivity contribution in [2.45, 2.75) is 24.6 Å². The summed E-state index contributed by atoms with van der Waals surface area (Å²) in [7, 11) is 1.48. The molecule has 1 nitrogen and oxygen atoms in total. The zero-order valence-corrected chi connectivity index (χ0v) is 13.3. The molecule has 3 heteroatoms. The zero-order chi connectivity index (χ0) is 14.5. The van der Waals surface area contributed by atoms with Crippen LogP contribution in [-0.4, -0.2) is 7.11 Å². The second kappa shape index (κ2) is 6.89. The Morgan fingerprint density at radius 1 is 1.10 bits per heavy atom. The summed E-state index contributed by atoms with van der Waals surface area (Å²) in [5.41, 5.74) is 3.47. The molecular formula is C17H18BrFO. The normalized spacial score (nSPS) is 12.2. The van der Waals surface area contributed by atoms with Crippen molar-refractivity contribution in [3.05, 3.63) is 65.0 Å². The molecule has 0 N–H and O–H groups in total. The van der Waals surface area contributed by atoms with E-state index in [1.54, 1.807) is 12.1 Å². The van der Waals surface area contributed by atoms with Gasteiger partial charge in [-0.1, -0.05) is 59.6 Å². The molecule has 20 heavy (non-hydrogen) atoms. The molecule has 106 valence electrons. The highest BCUT2D eigenvalue weighted by molar-refractivity contribution is 9.09. The van der Waals surface area contributed by atoms with Crippen LogP contribution in [0.2, 0.25) is 0 Å². The summed E-state index contributed by atoms with van der Waals surface area (Å²) in [6, 6.07) is 13.5. The predicted molar refractivity (Wildman–Crippen MR) is 84.2 cm³/mol. The van der Waals surface area contributed by atoms with Crippen molar-refractivity contribution in [2.24, 2.45) is 0 Å². The van der Waals surface area contributed by atoms with Gasteiger partial charge in [0.1, 0.15) is 0 Å². The van der Waals surface area contributed by atoms with Crippen molar-refractivity contribution in [2.75, 3.05) is 7.11 Å². The minimum atomic E-state index is -0.339. The summed E-state index contributed by atoms with van der Waals surface area (Å²) in [5, 5.41) is 0. The maximum absolute atomic E-state index is 13.4. The monoisotopic (exact) mass is 336 g/mol. The summed E-state index contributed by atoms with van der Waals surface area (Å²) < 4.78 is 18.5. The molecule has 0 aromatic heterocycles. The molecule has 1 atom stereocenters. The number of benzene rings is 2. The third-order valence-electron chi connectivity index (χ3n) is 3.28. The van der Waals surface area contributed by atoms with Crippen LogP contribution in [0, 0.1) is 5.82 Å². The second-order valence-corrected chi connectivity index (χ2v) is 5.66. The number of hydrogen-bond acceptors (Lipinski definition) is 1. The van der Waals surface area contributed by atoms with Crippen molar-refractivity contribution >= 4 is 15.9 Å². The number of rotatable bonds is 5. The quantitative estimate of drug-likeness (QED) is 0.675. The van der Waals surface area contributed by atoms with E-state index in [2.05, 4.69) is 47.1 Å². The fraction of sp³-hybridized carbons (Fsp3) is 0.294. The van der Waals surface area contributed by atoms with E-state index >= 15 is 0 Å². The third kappa shape index (κ3) is 3.40. The summed E-state index contributed by atoms with van der Waals surface area (Å²) >= 11 is 3.67. The molecule has 2 aromatic carbocycles. The van der Waals surface area contributed by atoms with Gasteiger partial charge in [0.25, 0.3) is 0 Å². The molecule has 0 amide bonds. The number of alkyl halides is 1. The number of ether oxygens (including phenoxy) is 1. The van der Waals surface area contributed by atoms with Crippen LogP contribution in [-0.2, 0) is 6.42 Å². The van der Waals surface area contributed by atoms with Crippen molar-refractivity contribution < 1.29 is 9.13 Å². The van der Waals surface area contributed by atoms with Crippen LogP contribution in [0.3, 0.4) is 0 Å². The van der Waals surface area contributed by atoms with Gasteiger partial charge in [0.15, 0.2) is 11.6 Å². The molecule has 0 saturated heterocycles. The molecule has 2 rings (SSSR count). The van der Waals surface area contributed by atoms with Crippen molar-refractivity contribution in [3.63, 3.8) is 0 Å². The average molecular weight is 337 g/mol. The number of halogens is 2. The van der Waals surface area contributed by atoms with Crippen LogP contribution in [0.1, 0.15) is 34.9 Å². The number of hydrogen-bond donors (Lipinski definition) is 0. The molecule has 0 radical (unpaired) electrons. The molecule has 1 unspecified atom stereocenters. The van der Waals surface area contributed by atoms with Gasteiger partial charge < -0.3 is 4.74 Å². The smallest absolute Gasteiger partial charge is 0.165 e. The molecule has 0 aliphatic heterocycles. The first-order valence-corrected chi connectivity index (χ1v) is 7.63.